The summed E-state index contributed by atoms with van der Waals surface area (Å²) < 4.78 is 11.6. The summed E-state index contributed by atoms with van der Waals surface area (Å²) in [6, 6.07) is 8.17. The highest BCUT2D eigenvalue weighted by molar-refractivity contribution is 7.20. The molecular weight excluding hydrogens is 504 g/mol. The van der Waals surface area contributed by atoms with Crippen molar-refractivity contribution in [2.24, 2.45) is 17.4 Å². The monoisotopic (exact) mass is 544 g/mol. The second-order valence-corrected chi connectivity index (χ2v) is 11.2. The summed E-state index contributed by atoms with van der Waals surface area (Å²) in [5, 5.41) is 6.18. The molecule has 1 aliphatic rings. The number of rotatable bonds is 15. The number of amides is 3. The van der Waals surface area contributed by atoms with Crippen molar-refractivity contribution in [1.82, 2.24) is 5.32 Å². The SMILES string of the molecule is CC(C)C[C@@H](NCCCCCOc1ccc(-c2cc(C(N)=O)c(NC(N)=O)s2)cc1)C(=O)OC1CCCC1. The molecule has 3 rings (SSSR count). The highest BCUT2D eigenvalue weighted by Crippen LogP contribution is 2.36. The molecular formula is C28H40N4O5S. The molecule has 9 nitrogen and oxygen atoms in total. The van der Waals surface area contributed by atoms with Crippen molar-refractivity contribution in [2.75, 3.05) is 18.5 Å². The van der Waals surface area contributed by atoms with Crippen LogP contribution in [0.4, 0.5) is 9.80 Å². The maximum atomic E-state index is 12.6. The van der Waals surface area contributed by atoms with Gasteiger partial charge in [-0.25, -0.2) is 4.79 Å². The third-order valence-corrected chi connectivity index (χ3v) is 7.53. The number of anilines is 1. The predicted octanol–water partition coefficient (Wildman–Crippen LogP) is 5.04. The van der Waals surface area contributed by atoms with Gasteiger partial charge in [0.2, 0.25) is 0 Å². The molecule has 2 aromatic rings. The predicted molar refractivity (Wildman–Crippen MR) is 150 cm³/mol. The van der Waals surface area contributed by atoms with Crippen LogP contribution in [0.2, 0.25) is 0 Å². The summed E-state index contributed by atoms with van der Waals surface area (Å²) in [6.45, 7) is 5.61. The quantitative estimate of drug-likeness (QED) is 0.182. The summed E-state index contributed by atoms with van der Waals surface area (Å²) >= 11 is 1.23. The molecule has 1 heterocycles. The smallest absolute Gasteiger partial charge is 0.323 e. The largest absolute Gasteiger partial charge is 0.494 e. The fourth-order valence-corrected chi connectivity index (χ4v) is 5.57. The minimum Gasteiger partial charge on any atom is -0.494 e. The van der Waals surface area contributed by atoms with E-state index in [2.05, 4.69) is 24.5 Å². The Bertz CT molecular complexity index is 1060. The molecule has 38 heavy (non-hydrogen) atoms. The number of esters is 1. The van der Waals surface area contributed by atoms with Gasteiger partial charge in [0, 0.05) is 4.88 Å². The van der Waals surface area contributed by atoms with Crippen molar-refractivity contribution >= 4 is 34.2 Å². The van der Waals surface area contributed by atoms with Gasteiger partial charge in [-0.2, -0.15) is 0 Å². The lowest BCUT2D eigenvalue weighted by molar-refractivity contribution is -0.151. The van der Waals surface area contributed by atoms with E-state index in [4.69, 9.17) is 20.9 Å². The number of primary amides is 2. The van der Waals surface area contributed by atoms with E-state index >= 15 is 0 Å². The van der Waals surface area contributed by atoms with Gasteiger partial charge in [0.05, 0.1) is 12.2 Å². The molecule has 0 saturated heterocycles. The van der Waals surface area contributed by atoms with E-state index in [9.17, 15) is 14.4 Å². The Morgan fingerprint density at radius 2 is 1.76 bits per heavy atom. The summed E-state index contributed by atoms with van der Waals surface area (Å²) in [5.41, 5.74) is 11.7. The lowest BCUT2D eigenvalue weighted by atomic mass is 10.0. The molecule has 3 amide bonds. The molecule has 10 heteroatoms. The fraction of sp³-hybridized carbons (Fsp3) is 0.536. The van der Waals surface area contributed by atoms with E-state index in [-0.39, 0.29) is 23.7 Å². The highest BCUT2D eigenvalue weighted by Gasteiger charge is 2.25. The molecule has 6 N–H and O–H groups in total. The topological polar surface area (TPSA) is 146 Å². The Balaban J connectivity index is 1.38. The number of nitrogens with two attached hydrogens (primary N) is 2. The van der Waals surface area contributed by atoms with Crippen LogP contribution in [0.1, 0.15) is 75.6 Å². The number of nitrogens with one attached hydrogen (secondary N) is 2. The standard InChI is InChI=1S/C28H40N4O5S/c1-18(2)16-23(27(34)37-21-8-4-5-9-21)31-14-6-3-7-15-36-20-12-10-19(11-13-20)24-17-22(25(29)33)26(38-24)32-28(30)35/h10-13,17-18,21,23,31H,3-9,14-16H2,1-2H3,(H2,29,33)(H3,30,32,35)/t23-/m1/s1. The normalized spacial score (nSPS) is 14.4. The maximum Gasteiger partial charge on any atom is 0.323 e. The first kappa shape index (κ1) is 29.4. The van der Waals surface area contributed by atoms with Gasteiger partial charge in [-0.3, -0.25) is 14.9 Å². The molecule has 1 atom stereocenters. The zero-order valence-electron chi connectivity index (χ0n) is 22.3. The molecule has 208 valence electrons. The summed E-state index contributed by atoms with van der Waals surface area (Å²) in [6.07, 6.45) is 7.99. The molecule has 0 aliphatic heterocycles. The van der Waals surface area contributed by atoms with Gasteiger partial charge in [-0.05, 0) is 99.7 Å². The van der Waals surface area contributed by atoms with Gasteiger partial charge in [-0.15, -0.1) is 11.3 Å². The Morgan fingerprint density at radius 3 is 2.39 bits per heavy atom. The van der Waals surface area contributed by atoms with E-state index < -0.39 is 11.9 Å². The lowest BCUT2D eigenvalue weighted by Gasteiger charge is -2.21. The Hall–Kier alpha value is -3.11. The van der Waals surface area contributed by atoms with Crippen LogP contribution in [0.3, 0.4) is 0 Å². The molecule has 1 aromatic carbocycles. The minimum absolute atomic E-state index is 0.0967. The van der Waals surface area contributed by atoms with Crippen LogP contribution in [0, 0.1) is 5.92 Å². The molecule has 0 spiro atoms. The number of benzene rings is 1. The zero-order valence-corrected chi connectivity index (χ0v) is 23.1. The number of carbonyl (C=O) groups is 3. The van der Waals surface area contributed by atoms with Gasteiger partial charge in [0.1, 0.15) is 22.9 Å². The number of hydrogen-bond donors (Lipinski definition) is 4. The van der Waals surface area contributed by atoms with Gasteiger partial charge in [-0.1, -0.05) is 13.8 Å². The highest BCUT2D eigenvalue weighted by atomic mass is 32.1. The number of unbranched alkanes of at least 4 members (excludes halogenated alkanes) is 2. The first-order valence-electron chi connectivity index (χ1n) is 13.4. The van der Waals surface area contributed by atoms with Gasteiger partial charge in [0.15, 0.2) is 0 Å². The molecule has 0 bridgehead atoms. The zero-order chi connectivity index (χ0) is 27.5. The van der Waals surface area contributed by atoms with Crippen molar-refractivity contribution in [1.29, 1.82) is 0 Å². The maximum absolute atomic E-state index is 12.6. The number of hydrogen-bond acceptors (Lipinski definition) is 7. The van der Waals surface area contributed by atoms with E-state index in [1.165, 1.54) is 11.3 Å². The van der Waals surface area contributed by atoms with Crippen LogP contribution in [0.15, 0.2) is 30.3 Å². The number of urea groups is 1. The van der Waals surface area contributed by atoms with Crippen molar-refractivity contribution in [2.45, 2.75) is 77.4 Å². The van der Waals surface area contributed by atoms with Crippen molar-refractivity contribution in [3.8, 4) is 16.2 Å². The first-order valence-corrected chi connectivity index (χ1v) is 14.2. The van der Waals surface area contributed by atoms with E-state index in [0.29, 0.717) is 17.5 Å². The number of carbonyl (C=O) groups excluding carboxylic acids is 3. The average molecular weight is 545 g/mol. The molecule has 1 fully saturated rings. The molecule has 1 saturated carbocycles. The summed E-state index contributed by atoms with van der Waals surface area (Å²) in [7, 11) is 0. The lowest BCUT2D eigenvalue weighted by Crippen LogP contribution is -2.40. The van der Waals surface area contributed by atoms with Gasteiger partial charge in [0.25, 0.3) is 5.91 Å². The second-order valence-electron chi connectivity index (χ2n) is 10.1. The van der Waals surface area contributed by atoms with Crippen molar-refractivity contribution in [3.05, 3.63) is 35.9 Å². The van der Waals surface area contributed by atoms with E-state index in [1.54, 1.807) is 6.07 Å². The van der Waals surface area contributed by atoms with Crippen LogP contribution in [-0.2, 0) is 9.53 Å². The molecule has 1 aromatic heterocycles. The number of thiophene rings is 1. The van der Waals surface area contributed by atoms with Crippen LogP contribution < -0.4 is 26.8 Å². The Labute approximate surface area is 228 Å². The van der Waals surface area contributed by atoms with Crippen LogP contribution in [-0.4, -0.2) is 43.2 Å². The van der Waals surface area contributed by atoms with E-state index in [1.807, 2.05) is 24.3 Å². The minimum atomic E-state index is -0.752. The Kier molecular flexibility index (Phi) is 11.4. The van der Waals surface area contributed by atoms with Crippen LogP contribution >= 0.6 is 11.3 Å². The molecule has 0 unspecified atom stereocenters. The fourth-order valence-electron chi connectivity index (χ4n) is 4.49. The average Bonchev–Trinajstić information content (AvgIpc) is 3.52. The van der Waals surface area contributed by atoms with E-state index in [0.717, 1.165) is 74.1 Å². The van der Waals surface area contributed by atoms with Crippen LogP contribution in [0.5, 0.6) is 5.75 Å². The third-order valence-electron chi connectivity index (χ3n) is 6.43. The number of ether oxygens (including phenoxy) is 2. The Morgan fingerprint density at radius 1 is 1.05 bits per heavy atom. The van der Waals surface area contributed by atoms with Gasteiger partial charge < -0.3 is 26.3 Å². The molecule has 1 aliphatic carbocycles. The van der Waals surface area contributed by atoms with Gasteiger partial charge >= 0.3 is 12.0 Å². The summed E-state index contributed by atoms with van der Waals surface area (Å²) in [5.74, 6) is 0.431. The second kappa shape index (κ2) is 14.7. The molecule has 0 radical (unpaired) electrons. The first-order chi connectivity index (χ1) is 18.2. The van der Waals surface area contributed by atoms with Crippen molar-refractivity contribution in [3.63, 3.8) is 0 Å². The van der Waals surface area contributed by atoms with Crippen molar-refractivity contribution < 1.29 is 23.9 Å². The third kappa shape index (κ3) is 9.33. The van der Waals surface area contributed by atoms with Crippen LogP contribution in [0.25, 0.3) is 10.4 Å². The summed E-state index contributed by atoms with van der Waals surface area (Å²) in [4.78, 5) is 36.3.